The molecule has 28 heavy (non-hydrogen) atoms. The summed E-state index contributed by atoms with van der Waals surface area (Å²) in [4.78, 5) is 0. The van der Waals surface area contributed by atoms with Gasteiger partial charge in [0.1, 0.15) is 0 Å². The highest BCUT2D eigenvalue weighted by molar-refractivity contribution is 8.18. The number of anilines is 2. The van der Waals surface area contributed by atoms with Gasteiger partial charge in [0.15, 0.2) is 0 Å². The van der Waals surface area contributed by atoms with Gasteiger partial charge in [0.25, 0.3) is 0 Å². The molecular weight excluding hydrogens is 380 g/mol. The third-order valence-corrected chi connectivity index (χ3v) is 8.44. The third-order valence-electron chi connectivity index (χ3n) is 5.86. The van der Waals surface area contributed by atoms with Gasteiger partial charge in [-0.15, -0.1) is 0 Å². The molecule has 0 spiro atoms. The van der Waals surface area contributed by atoms with Crippen molar-refractivity contribution in [3.63, 3.8) is 0 Å². The van der Waals surface area contributed by atoms with Crippen molar-refractivity contribution in [3.8, 4) is 0 Å². The molecule has 0 N–H and O–H groups in total. The van der Waals surface area contributed by atoms with Crippen LogP contribution in [0.1, 0.15) is 58.3 Å². The minimum atomic E-state index is 0.474. The lowest BCUT2D eigenvalue weighted by Gasteiger charge is -2.36. The number of hydrogen-bond donors (Lipinski definition) is 0. The molecule has 2 fully saturated rings. The Hall–Kier alpha value is -1.26. The summed E-state index contributed by atoms with van der Waals surface area (Å²) < 4.78 is 5.70. The predicted molar refractivity (Wildman–Crippen MR) is 127 cm³/mol. The van der Waals surface area contributed by atoms with E-state index in [9.17, 15) is 0 Å². The molecule has 2 saturated carbocycles. The van der Waals surface area contributed by atoms with E-state index in [2.05, 4.69) is 76.2 Å². The highest BCUT2D eigenvalue weighted by atomic mass is 32.2. The quantitative estimate of drug-likeness (QED) is 0.326. The number of hydrogen-bond acceptors (Lipinski definition) is 4. The molecule has 4 heteroatoms. The van der Waals surface area contributed by atoms with E-state index in [1.54, 1.807) is 0 Å². The minimum absolute atomic E-state index is 0.474. The van der Waals surface area contributed by atoms with Crippen LogP contribution < -0.4 is 8.61 Å². The summed E-state index contributed by atoms with van der Waals surface area (Å²) in [5.74, 6) is 0. The summed E-state index contributed by atoms with van der Waals surface area (Å²) >= 11 is 4.06. The van der Waals surface area contributed by atoms with Crippen LogP contribution in [0.3, 0.4) is 0 Å². The van der Waals surface area contributed by atoms with Crippen molar-refractivity contribution in [3.05, 3.63) is 60.7 Å². The molecular formula is C24H32N2S2. The average Bonchev–Trinajstić information content (AvgIpc) is 3.46. The van der Waals surface area contributed by atoms with Crippen molar-refractivity contribution in [2.24, 2.45) is 0 Å². The lowest BCUT2D eigenvalue weighted by molar-refractivity contribution is 0.707. The monoisotopic (exact) mass is 412 g/mol. The number of rotatable bonds is 8. The first-order valence-corrected chi connectivity index (χ1v) is 12.5. The summed E-state index contributed by atoms with van der Waals surface area (Å²) in [5.41, 5.74) is 2.72. The van der Waals surface area contributed by atoms with Gasteiger partial charge in [0.05, 0.1) is 4.58 Å². The van der Waals surface area contributed by atoms with E-state index in [1.165, 1.54) is 62.7 Å². The summed E-state index contributed by atoms with van der Waals surface area (Å²) in [6, 6.07) is 23.4. The molecule has 2 aliphatic carbocycles. The van der Waals surface area contributed by atoms with Gasteiger partial charge in [-0.2, -0.15) is 0 Å². The van der Waals surface area contributed by atoms with Crippen LogP contribution in [0.2, 0.25) is 0 Å². The fourth-order valence-corrected chi connectivity index (χ4v) is 7.08. The summed E-state index contributed by atoms with van der Waals surface area (Å²) in [6.45, 7) is 2.38. The third kappa shape index (κ3) is 5.01. The average molecular weight is 413 g/mol. The van der Waals surface area contributed by atoms with Crippen molar-refractivity contribution in [1.82, 2.24) is 0 Å². The molecule has 0 aliphatic heterocycles. The van der Waals surface area contributed by atoms with Gasteiger partial charge in [-0.25, -0.2) is 0 Å². The Labute approximate surface area is 179 Å². The zero-order valence-corrected chi connectivity index (χ0v) is 18.5. The Morgan fingerprint density at radius 2 is 1.00 bits per heavy atom. The fraction of sp³-hybridized carbons (Fsp3) is 0.500. The molecule has 0 heterocycles. The van der Waals surface area contributed by atoms with Crippen molar-refractivity contribution in [1.29, 1.82) is 0 Å². The van der Waals surface area contributed by atoms with Crippen LogP contribution in [0, 0.1) is 0 Å². The topological polar surface area (TPSA) is 6.48 Å². The van der Waals surface area contributed by atoms with Crippen LogP contribution in [-0.4, -0.2) is 16.7 Å². The van der Waals surface area contributed by atoms with Crippen molar-refractivity contribution < 1.29 is 0 Å². The highest BCUT2D eigenvalue weighted by Crippen LogP contribution is 2.42. The molecule has 2 aliphatic rings. The molecule has 4 rings (SSSR count). The van der Waals surface area contributed by atoms with Crippen LogP contribution in [0.15, 0.2) is 60.7 Å². The fourth-order valence-electron chi connectivity index (χ4n) is 4.48. The molecule has 150 valence electrons. The molecule has 0 bridgehead atoms. The van der Waals surface area contributed by atoms with Crippen LogP contribution in [-0.2, 0) is 0 Å². The lowest BCUT2D eigenvalue weighted by Crippen LogP contribution is -2.31. The molecule has 2 aromatic rings. The molecule has 0 amide bonds. The maximum Gasteiger partial charge on any atom is 0.0873 e. The van der Waals surface area contributed by atoms with Gasteiger partial charge in [0, 0.05) is 23.5 Å². The Kier molecular flexibility index (Phi) is 7.14. The smallest absolute Gasteiger partial charge is 0.0873 e. The second-order valence-corrected chi connectivity index (χ2v) is 10.9. The van der Waals surface area contributed by atoms with Crippen molar-refractivity contribution >= 4 is 35.3 Å². The maximum absolute atomic E-state index is 2.61. The first-order chi connectivity index (χ1) is 13.8. The highest BCUT2D eigenvalue weighted by Gasteiger charge is 2.29. The molecule has 0 aromatic heterocycles. The van der Waals surface area contributed by atoms with E-state index in [1.807, 2.05) is 23.9 Å². The number of nitrogens with zero attached hydrogens (tertiary/aromatic N) is 2. The first kappa shape index (κ1) is 20.0. The van der Waals surface area contributed by atoms with Crippen LogP contribution >= 0.6 is 23.9 Å². The van der Waals surface area contributed by atoms with Gasteiger partial charge in [-0.1, -0.05) is 62.1 Å². The Morgan fingerprint density at radius 3 is 1.36 bits per heavy atom. The number of benzene rings is 2. The van der Waals surface area contributed by atoms with E-state index in [0.29, 0.717) is 16.7 Å². The van der Waals surface area contributed by atoms with E-state index >= 15 is 0 Å². The molecule has 0 atom stereocenters. The van der Waals surface area contributed by atoms with Crippen LogP contribution in [0.4, 0.5) is 11.4 Å². The van der Waals surface area contributed by atoms with Gasteiger partial charge >= 0.3 is 0 Å². The van der Waals surface area contributed by atoms with Crippen molar-refractivity contribution in [2.45, 2.75) is 75.0 Å². The van der Waals surface area contributed by atoms with E-state index < -0.39 is 0 Å². The van der Waals surface area contributed by atoms with E-state index in [-0.39, 0.29) is 0 Å². The molecule has 2 aromatic carbocycles. The van der Waals surface area contributed by atoms with Crippen molar-refractivity contribution in [2.75, 3.05) is 8.61 Å². The predicted octanol–water partition coefficient (Wildman–Crippen LogP) is 7.53. The Balaban J connectivity index is 1.48. The van der Waals surface area contributed by atoms with Gasteiger partial charge in [-0.05, 0) is 80.8 Å². The normalized spacial score (nSPS) is 18.1. The van der Waals surface area contributed by atoms with Gasteiger partial charge in [0.2, 0.25) is 0 Å². The molecule has 0 unspecified atom stereocenters. The largest absolute Gasteiger partial charge is 0.312 e. The molecule has 0 saturated heterocycles. The lowest BCUT2D eigenvalue weighted by atomic mass is 10.2. The number of para-hydroxylation sites is 2. The van der Waals surface area contributed by atoms with E-state index in [0.717, 1.165) is 0 Å². The maximum atomic E-state index is 2.61. The second-order valence-electron chi connectivity index (χ2n) is 7.98. The van der Waals surface area contributed by atoms with Gasteiger partial charge in [-0.3, -0.25) is 0 Å². The zero-order valence-electron chi connectivity index (χ0n) is 16.9. The summed E-state index contributed by atoms with van der Waals surface area (Å²) in [6.07, 6.45) is 10.8. The Bertz CT molecular complexity index is 636. The van der Waals surface area contributed by atoms with Gasteiger partial charge < -0.3 is 8.61 Å². The second kappa shape index (κ2) is 9.98. The molecule has 0 radical (unpaired) electrons. The van der Waals surface area contributed by atoms with E-state index in [4.69, 9.17) is 0 Å². The standard InChI is InChI=1S/C24H32N2S2/c1-20(27-25(23-16-8-9-17-23)21-12-4-2-5-13-21)28-26(24-18-10-11-19-24)22-14-6-3-7-15-22/h2-7,12-15,20,23-24H,8-11,16-19H2,1H3. The van der Waals surface area contributed by atoms with Crippen LogP contribution in [0.5, 0.6) is 0 Å². The first-order valence-electron chi connectivity index (χ1n) is 10.8. The molecule has 2 nitrogen and oxygen atoms in total. The SMILES string of the molecule is CC(SN(c1ccccc1)C1CCCC1)SN(c1ccccc1)C1CCCC1. The minimum Gasteiger partial charge on any atom is -0.312 e. The van der Waals surface area contributed by atoms with Crippen LogP contribution in [0.25, 0.3) is 0 Å². The summed E-state index contributed by atoms with van der Waals surface area (Å²) in [5, 5.41) is 0. The Morgan fingerprint density at radius 1 is 0.643 bits per heavy atom. The summed E-state index contributed by atoms with van der Waals surface area (Å²) in [7, 11) is 0. The zero-order chi connectivity index (χ0) is 19.2.